The second-order valence-electron chi connectivity index (χ2n) is 13.7. The first-order chi connectivity index (χ1) is 29.3. The Balaban J connectivity index is 0.000000272. The third kappa shape index (κ3) is 7.64. The molecule has 1 aliphatic carbocycles. The fourth-order valence-corrected chi connectivity index (χ4v) is 6.44. The zero-order chi connectivity index (χ0) is 45.9. The maximum Gasteiger partial charge on any atom is 0.123 e. The van der Waals surface area contributed by atoms with Crippen LogP contribution in [0.1, 0.15) is 104 Å². The zero-order valence-corrected chi connectivity index (χ0v) is 31.1. The van der Waals surface area contributed by atoms with Crippen LogP contribution < -0.4 is 0 Å². The molecule has 261 valence electrons. The predicted molar refractivity (Wildman–Crippen MR) is 209 cm³/mol. The van der Waals surface area contributed by atoms with Crippen molar-refractivity contribution in [1.29, 1.82) is 0 Å². The standard InChI is InChI=1S/C31H28NO.C16H18N.Ir/c1-19-8-6-11-25-26-12-7-13-27(31(26)33-30(19)25)29-17-28(21(3)18-32-29)24-15-14-23(16-20(24)2)22-9-4-5-10-22;1-12-5-7-13(8-6-12)15-10-9-14(11-17-15)16(2,3)4;/h6-8,11-12,14-18,22H,4-5,9-10H2,1-3H3;5-7,9-11H,1-4H3;/q2*-1;/i1D3,2D3,3D3,22D;1D3;. The normalized spacial score (nSPS) is 18.6. The summed E-state index contributed by atoms with van der Waals surface area (Å²) in [7, 11) is 0. The van der Waals surface area contributed by atoms with Gasteiger partial charge in [-0.3, -0.25) is 0 Å². The number of aryl methyl sites for hydroxylation is 4. The Morgan fingerprint density at radius 1 is 0.745 bits per heavy atom. The van der Waals surface area contributed by atoms with Crippen molar-refractivity contribution in [3.05, 3.63) is 143 Å². The van der Waals surface area contributed by atoms with E-state index in [1.807, 2.05) is 18.3 Å². The van der Waals surface area contributed by atoms with Crippen molar-refractivity contribution in [2.24, 2.45) is 0 Å². The van der Waals surface area contributed by atoms with Crippen molar-refractivity contribution in [2.75, 3.05) is 0 Å². The van der Waals surface area contributed by atoms with Crippen molar-refractivity contribution in [2.45, 2.75) is 85.2 Å². The van der Waals surface area contributed by atoms with Crippen LogP contribution in [0.4, 0.5) is 0 Å². The third-order valence-corrected chi connectivity index (χ3v) is 9.26. The van der Waals surface area contributed by atoms with E-state index in [-0.39, 0.29) is 64.6 Å². The Labute approximate surface area is 335 Å². The number of pyridine rings is 2. The summed E-state index contributed by atoms with van der Waals surface area (Å²) >= 11 is 0. The van der Waals surface area contributed by atoms with E-state index < -0.39 is 33.3 Å². The Morgan fingerprint density at radius 3 is 2.25 bits per heavy atom. The fourth-order valence-electron chi connectivity index (χ4n) is 6.44. The summed E-state index contributed by atoms with van der Waals surface area (Å²) in [6.45, 7) is -3.25. The minimum atomic E-state index is -2.60. The van der Waals surface area contributed by atoms with E-state index in [0.717, 1.165) is 24.1 Å². The van der Waals surface area contributed by atoms with Gasteiger partial charge >= 0.3 is 0 Å². The van der Waals surface area contributed by atoms with Crippen LogP contribution >= 0.6 is 0 Å². The van der Waals surface area contributed by atoms with E-state index in [1.54, 1.807) is 48.5 Å². The van der Waals surface area contributed by atoms with E-state index in [0.29, 0.717) is 45.9 Å². The van der Waals surface area contributed by atoms with Crippen molar-refractivity contribution in [3.8, 4) is 33.6 Å². The number of hydrogen-bond acceptors (Lipinski definition) is 3. The first-order valence-corrected chi connectivity index (χ1v) is 16.8. The number of para-hydroxylation sites is 1. The summed E-state index contributed by atoms with van der Waals surface area (Å²) in [5.74, 6) is -0.881. The maximum atomic E-state index is 8.93. The summed E-state index contributed by atoms with van der Waals surface area (Å²) < 4.78 is 111. The third-order valence-electron chi connectivity index (χ3n) is 9.26. The topological polar surface area (TPSA) is 38.9 Å². The minimum Gasteiger partial charge on any atom is -0.500 e. The minimum absolute atomic E-state index is 0. The molecule has 0 N–H and O–H groups in total. The molecule has 7 aromatic rings. The van der Waals surface area contributed by atoms with Gasteiger partial charge < -0.3 is 14.4 Å². The van der Waals surface area contributed by atoms with Gasteiger partial charge in [0.15, 0.2) is 0 Å². The SMILES string of the molecule is [2H]C([2H])([2H])c1c[c-]c(-c2ccc(C(C)(C)C)cn2)cc1.[2H]C([2H])([2H])c1cnc(-c2[c-]ccc3c2oc2c(C([2H])([2H])[2H])cccc23)cc1-c1ccc(C2([2H])CCCC2)cc1C([2H])([2H])[2H].[Ir]. The van der Waals surface area contributed by atoms with Crippen LogP contribution in [-0.2, 0) is 25.5 Å². The van der Waals surface area contributed by atoms with Gasteiger partial charge in [-0.15, -0.1) is 53.6 Å². The molecule has 51 heavy (non-hydrogen) atoms. The summed E-state index contributed by atoms with van der Waals surface area (Å²) in [5, 5.41) is 1.25. The molecule has 1 saturated carbocycles. The first kappa shape index (κ1) is 23.2. The number of fused-ring (bicyclic) bond motifs is 3. The first-order valence-electron chi connectivity index (χ1n) is 23.3. The number of furan rings is 1. The van der Waals surface area contributed by atoms with Gasteiger partial charge in [-0.2, -0.15) is 0 Å². The van der Waals surface area contributed by atoms with Gasteiger partial charge in [0, 0.05) is 55.7 Å². The number of benzene rings is 4. The predicted octanol–water partition coefficient (Wildman–Crippen LogP) is 12.9. The van der Waals surface area contributed by atoms with E-state index in [2.05, 4.69) is 42.9 Å². The monoisotopic (exact) mass is 860 g/mol. The van der Waals surface area contributed by atoms with E-state index in [9.17, 15) is 0 Å². The summed E-state index contributed by atoms with van der Waals surface area (Å²) in [6, 6.07) is 29.7. The van der Waals surface area contributed by atoms with Crippen molar-refractivity contribution < 1.29 is 42.3 Å². The van der Waals surface area contributed by atoms with Crippen LogP contribution in [0.5, 0.6) is 0 Å². The van der Waals surface area contributed by atoms with Crippen molar-refractivity contribution in [1.82, 2.24) is 9.97 Å². The summed E-state index contributed by atoms with van der Waals surface area (Å²) in [4.78, 5) is 8.88. The Bertz CT molecular complexity index is 2720. The molecule has 4 heteroatoms. The van der Waals surface area contributed by atoms with E-state index in [4.69, 9.17) is 22.2 Å². The molecule has 8 rings (SSSR count). The Hall–Kier alpha value is -4.37. The van der Waals surface area contributed by atoms with Gasteiger partial charge in [0.2, 0.25) is 0 Å². The summed E-state index contributed by atoms with van der Waals surface area (Å²) in [5.41, 5.74) is 5.29. The van der Waals surface area contributed by atoms with Crippen molar-refractivity contribution >= 4 is 21.9 Å². The number of aromatic nitrogens is 2. The van der Waals surface area contributed by atoms with Gasteiger partial charge in [-0.25, -0.2) is 0 Å². The van der Waals surface area contributed by atoms with Gasteiger partial charge in [0.1, 0.15) is 5.58 Å². The van der Waals surface area contributed by atoms with Gasteiger partial charge in [-0.05, 0) is 95.0 Å². The maximum absolute atomic E-state index is 8.93. The van der Waals surface area contributed by atoms with Crippen LogP contribution in [0.25, 0.3) is 55.6 Å². The van der Waals surface area contributed by atoms with Crippen LogP contribution in [0.15, 0.2) is 102 Å². The summed E-state index contributed by atoms with van der Waals surface area (Å²) in [6.07, 6.45) is 6.13. The molecular formula is C47H46IrN2O-2. The van der Waals surface area contributed by atoms with Gasteiger partial charge in [-0.1, -0.05) is 106 Å². The number of rotatable bonds is 4. The molecule has 0 spiro atoms. The van der Waals surface area contributed by atoms with E-state index in [1.165, 1.54) is 36.0 Å². The van der Waals surface area contributed by atoms with Crippen LogP contribution in [0, 0.1) is 39.5 Å². The molecule has 3 nitrogen and oxygen atoms in total. The largest absolute Gasteiger partial charge is 0.500 e. The van der Waals surface area contributed by atoms with E-state index >= 15 is 0 Å². The average molecular weight is 860 g/mol. The molecule has 0 atom stereocenters. The fraction of sp³-hybridized carbons (Fsp3) is 0.277. The number of hydrogen-bond donors (Lipinski definition) is 0. The van der Waals surface area contributed by atoms with Crippen LogP contribution in [0.3, 0.4) is 0 Å². The molecular weight excluding hydrogens is 801 g/mol. The second kappa shape index (κ2) is 15.1. The molecule has 0 bridgehead atoms. The molecule has 4 aromatic carbocycles. The molecule has 3 aromatic heterocycles. The second-order valence-corrected chi connectivity index (χ2v) is 13.7. The number of nitrogens with zero attached hydrogens (tertiary/aromatic N) is 2. The Kier molecular flexibility index (Phi) is 6.87. The zero-order valence-electron chi connectivity index (χ0n) is 41.7. The van der Waals surface area contributed by atoms with Crippen LogP contribution in [-0.4, -0.2) is 9.97 Å². The molecule has 1 aliphatic rings. The quantitative estimate of drug-likeness (QED) is 0.166. The smallest absolute Gasteiger partial charge is 0.123 e. The molecule has 0 saturated heterocycles. The van der Waals surface area contributed by atoms with Gasteiger partial charge in [0.05, 0.1) is 5.58 Å². The molecule has 0 aliphatic heterocycles. The van der Waals surface area contributed by atoms with Crippen LogP contribution in [0.2, 0.25) is 0 Å². The Morgan fingerprint density at radius 2 is 1.55 bits per heavy atom. The molecule has 0 unspecified atom stereocenters. The van der Waals surface area contributed by atoms with Crippen molar-refractivity contribution in [3.63, 3.8) is 0 Å². The average Bonchev–Trinajstić information content (AvgIpc) is 3.83. The molecule has 1 radical (unpaired) electrons. The molecule has 1 fully saturated rings. The molecule has 0 amide bonds. The van der Waals surface area contributed by atoms with Gasteiger partial charge in [0.25, 0.3) is 0 Å². The molecule has 3 heterocycles.